The average Bonchev–Trinajstić information content (AvgIpc) is 3.15. The summed E-state index contributed by atoms with van der Waals surface area (Å²) < 4.78 is 67.8. The summed E-state index contributed by atoms with van der Waals surface area (Å²) in [4.78, 5) is 14.0. The van der Waals surface area contributed by atoms with Crippen LogP contribution in [0.2, 0.25) is 5.04 Å². The lowest BCUT2D eigenvalue weighted by Gasteiger charge is -2.37. The third-order valence-electron chi connectivity index (χ3n) is 6.56. The van der Waals surface area contributed by atoms with E-state index in [0.717, 1.165) is 0 Å². The van der Waals surface area contributed by atoms with Crippen LogP contribution in [0.1, 0.15) is 62.3 Å². The zero-order chi connectivity index (χ0) is 26.6. The predicted molar refractivity (Wildman–Crippen MR) is 130 cm³/mol. The number of benzene rings is 1. The predicted octanol–water partition coefficient (Wildman–Crippen LogP) is 4.31. The number of nitrogens with zero attached hydrogens (tertiary/aromatic N) is 1. The van der Waals surface area contributed by atoms with E-state index < -0.39 is 57.9 Å². The Kier molecular flexibility index (Phi) is 7.13. The molecular formula is C23H35BF3NO6Si. The van der Waals surface area contributed by atoms with Crippen LogP contribution in [-0.2, 0) is 18.5 Å². The Morgan fingerprint density at radius 2 is 1.63 bits per heavy atom. The average molecular weight is 517 g/mol. The molecule has 0 N–H and O–H groups in total. The summed E-state index contributed by atoms with van der Waals surface area (Å²) in [6.45, 7) is 17.2. The first-order valence-corrected chi connectivity index (χ1v) is 12.9. The molecule has 1 atom stereocenters. The molecule has 0 spiro atoms. The van der Waals surface area contributed by atoms with Crippen molar-refractivity contribution in [2.24, 2.45) is 0 Å². The Labute approximate surface area is 207 Å². The molecular weight excluding hydrogens is 482 g/mol. The van der Waals surface area contributed by atoms with Gasteiger partial charge in [0.1, 0.15) is 18.4 Å². The SMILES string of the molecule is CC(C)(C)[SiH2]OC(C)(C)[C@H]1COC(=O)N1c1ccc(B2OC(C)(C)C(C)(C)O2)c(OC(F)(F)F)c1. The van der Waals surface area contributed by atoms with Gasteiger partial charge in [-0.1, -0.05) is 26.8 Å². The second-order valence-electron chi connectivity index (χ2n) is 11.8. The van der Waals surface area contributed by atoms with E-state index in [4.69, 9.17) is 18.5 Å². The number of amides is 1. The molecule has 3 rings (SSSR count). The maximum atomic E-state index is 13.4. The molecule has 7 nitrogen and oxygen atoms in total. The van der Waals surface area contributed by atoms with Crippen molar-refractivity contribution in [3.05, 3.63) is 18.2 Å². The van der Waals surface area contributed by atoms with Gasteiger partial charge < -0.3 is 23.2 Å². The smallest absolute Gasteiger partial charge is 0.447 e. The van der Waals surface area contributed by atoms with E-state index in [9.17, 15) is 18.0 Å². The van der Waals surface area contributed by atoms with Gasteiger partial charge in [-0.3, -0.25) is 4.90 Å². The number of alkyl halides is 3. The second-order valence-corrected chi connectivity index (χ2v) is 14.5. The van der Waals surface area contributed by atoms with Gasteiger partial charge in [-0.2, -0.15) is 0 Å². The molecule has 1 aromatic carbocycles. The number of halogens is 3. The summed E-state index contributed by atoms with van der Waals surface area (Å²) in [5, 5.41) is 0.0176. The fourth-order valence-electron chi connectivity index (χ4n) is 3.77. The van der Waals surface area contributed by atoms with Gasteiger partial charge in [-0.25, -0.2) is 4.79 Å². The lowest BCUT2D eigenvalue weighted by atomic mass is 9.78. The number of ether oxygens (including phenoxy) is 2. The number of carbonyl (C=O) groups excluding carboxylic acids is 1. The topological polar surface area (TPSA) is 66.5 Å². The number of cyclic esters (lactones) is 1. The monoisotopic (exact) mass is 517 g/mol. The van der Waals surface area contributed by atoms with E-state index in [-0.39, 0.29) is 22.8 Å². The molecule has 196 valence electrons. The van der Waals surface area contributed by atoms with Gasteiger partial charge in [0.25, 0.3) is 0 Å². The summed E-state index contributed by atoms with van der Waals surface area (Å²) in [5.41, 5.74) is -2.01. The van der Waals surface area contributed by atoms with E-state index in [1.165, 1.54) is 17.0 Å². The Balaban J connectivity index is 1.98. The van der Waals surface area contributed by atoms with Crippen LogP contribution in [0.4, 0.5) is 23.7 Å². The molecule has 1 amide bonds. The molecule has 2 aliphatic rings. The van der Waals surface area contributed by atoms with Crippen molar-refractivity contribution in [2.75, 3.05) is 11.5 Å². The first-order valence-electron chi connectivity index (χ1n) is 11.6. The minimum atomic E-state index is -4.96. The molecule has 0 aromatic heterocycles. The molecule has 0 unspecified atom stereocenters. The van der Waals surface area contributed by atoms with Crippen molar-refractivity contribution in [3.63, 3.8) is 0 Å². The summed E-state index contributed by atoms with van der Waals surface area (Å²) in [5.74, 6) is -0.505. The highest BCUT2D eigenvalue weighted by Gasteiger charge is 2.53. The Morgan fingerprint density at radius 1 is 1.06 bits per heavy atom. The normalized spacial score (nSPS) is 22.9. The fraction of sp³-hybridized carbons (Fsp3) is 0.696. The number of hydrogen-bond acceptors (Lipinski definition) is 6. The number of rotatable bonds is 6. The van der Waals surface area contributed by atoms with Gasteiger partial charge in [0.2, 0.25) is 0 Å². The van der Waals surface area contributed by atoms with Gasteiger partial charge in [-0.15, -0.1) is 13.2 Å². The van der Waals surface area contributed by atoms with E-state index >= 15 is 0 Å². The third kappa shape index (κ3) is 6.15. The highest BCUT2D eigenvalue weighted by Crippen LogP contribution is 2.39. The summed E-state index contributed by atoms with van der Waals surface area (Å²) in [6.07, 6.45) is -5.62. The van der Waals surface area contributed by atoms with Gasteiger partial charge in [0.05, 0.1) is 22.5 Å². The van der Waals surface area contributed by atoms with Crippen LogP contribution in [0.15, 0.2) is 18.2 Å². The van der Waals surface area contributed by atoms with Gasteiger partial charge in [-0.05, 0) is 52.6 Å². The Hall–Kier alpha value is -1.76. The van der Waals surface area contributed by atoms with Crippen molar-refractivity contribution in [1.82, 2.24) is 0 Å². The molecule has 1 aromatic rings. The van der Waals surface area contributed by atoms with Crippen molar-refractivity contribution >= 4 is 34.1 Å². The molecule has 12 heteroatoms. The van der Waals surface area contributed by atoms with Crippen LogP contribution < -0.4 is 15.1 Å². The molecule has 2 aliphatic heterocycles. The molecule has 0 bridgehead atoms. The van der Waals surface area contributed by atoms with Crippen LogP contribution >= 0.6 is 0 Å². The number of carbonyl (C=O) groups is 1. The van der Waals surface area contributed by atoms with Crippen LogP contribution in [-0.4, -0.2) is 58.8 Å². The van der Waals surface area contributed by atoms with Gasteiger partial charge in [0.15, 0.2) is 9.76 Å². The van der Waals surface area contributed by atoms with Crippen molar-refractivity contribution in [2.45, 2.75) is 96.6 Å². The van der Waals surface area contributed by atoms with Crippen molar-refractivity contribution < 1.29 is 41.2 Å². The summed E-state index contributed by atoms with van der Waals surface area (Å²) in [6, 6.07) is 3.61. The maximum Gasteiger partial charge on any atom is 0.573 e. The molecule has 2 fully saturated rings. The van der Waals surface area contributed by atoms with Crippen molar-refractivity contribution in [1.29, 1.82) is 0 Å². The first kappa shape index (κ1) is 27.8. The molecule has 2 saturated heterocycles. The zero-order valence-electron chi connectivity index (χ0n) is 21.8. The molecule has 0 saturated carbocycles. The van der Waals surface area contributed by atoms with Gasteiger partial charge in [0, 0.05) is 11.5 Å². The lowest BCUT2D eigenvalue weighted by Crippen LogP contribution is -2.51. The second kappa shape index (κ2) is 8.97. The molecule has 35 heavy (non-hydrogen) atoms. The minimum absolute atomic E-state index is 0.0176. The van der Waals surface area contributed by atoms with E-state index in [2.05, 4.69) is 25.5 Å². The highest BCUT2D eigenvalue weighted by molar-refractivity contribution is 6.63. The standard InChI is InChI=1S/C23H35BF3NO6Si/c1-19(2,3)35-34-20(4,5)17-13-30-18(29)28(17)14-10-11-15(16(12-14)31-23(25,26)27)24-32-21(6,7)22(8,9)33-24/h10-12,17H,13,35H2,1-9H3/t17-/m1/s1. The fourth-order valence-corrected chi connectivity index (χ4v) is 4.77. The van der Waals surface area contributed by atoms with E-state index in [1.54, 1.807) is 33.8 Å². The summed E-state index contributed by atoms with van der Waals surface area (Å²) >= 11 is 0. The lowest BCUT2D eigenvalue weighted by molar-refractivity contribution is -0.274. The van der Waals surface area contributed by atoms with Crippen LogP contribution in [0.3, 0.4) is 0 Å². The quantitative estimate of drug-likeness (QED) is 0.525. The Morgan fingerprint density at radius 3 is 2.14 bits per heavy atom. The maximum absolute atomic E-state index is 13.4. The first-order chi connectivity index (χ1) is 15.7. The molecule has 0 radical (unpaired) electrons. The van der Waals surface area contributed by atoms with Gasteiger partial charge >= 0.3 is 19.6 Å². The van der Waals surface area contributed by atoms with Crippen LogP contribution in [0.25, 0.3) is 0 Å². The van der Waals surface area contributed by atoms with E-state index in [0.29, 0.717) is 0 Å². The zero-order valence-corrected chi connectivity index (χ0v) is 23.2. The Bertz CT molecular complexity index is 948. The minimum Gasteiger partial charge on any atom is -0.447 e. The molecule has 2 heterocycles. The third-order valence-corrected chi connectivity index (χ3v) is 8.32. The largest absolute Gasteiger partial charge is 0.573 e. The molecule has 0 aliphatic carbocycles. The number of hydrogen-bond donors (Lipinski definition) is 0. The van der Waals surface area contributed by atoms with Crippen molar-refractivity contribution in [3.8, 4) is 5.75 Å². The van der Waals surface area contributed by atoms with E-state index in [1.807, 2.05) is 13.8 Å². The summed E-state index contributed by atoms with van der Waals surface area (Å²) in [7, 11) is -2.06. The number of anilines is 1. The van der Waals surface area contributed by atoms with Crippen LogP contribution in [0.5, 0.6) is 5.75 Å². The van der Waals surface area contributed by atoms with Crippen LogP contribution in [0, 0.1) is 0 Å². The highest BCUT2D eigenvalue weighted by atomic mass is 28.2.